The molecule has 3 unspecified atom stereocenters. The van der Waals surface area contributed by atoms with Crippen LogP contribution >= 0.6 is 0 Å². The summed E-state index contributed by atoms with van der Waals surface area (Å²) in [6, 6.07) is 1.11. The molecule has 2 rings (SSSR count). The fraction of sp³-hybridized carbons (Fsp3) is 0.938. The van der Waals surface area contributed by atoms with Crippen molar-refractivity contribution < 1.29 is 4.79 Å². The van der Waals surface area contributed by atoms with E-state index in [0.717, 1.165) is 18.8 Å². The van der Waals surface area contributed by atoms with Crippen molar-refractivity contribution in [3.05, 3.63) is 0 Å². The first kappa shape index (κ1) is 13.9. The molecular weight excluding hydrogens is 222 g/mol. The number of hydrogen-bond acceptors (Lipinski definition) is 1. The minimum Gasteiger partial charge on any atom is -0.336 e. The number of carbonyl (C=O) groups is 1. The van der Waals surface area contributed by atoms with Crippen molar-refractivity contribution in [2.75, 3.05) is 0 Å². The van der Waals surface area contributed by atoms with Gasteiger partial charge in [0.1, 0.15) is 0 Å². The Balaban J connectivity index is 2.15. The molecule has 1 amide bonds. The average Bonchev–Trinajstić information content (AvgIpc) is 2.87. The number of amides is 1. The summed E-state index contributed by atoms with van der Waals surface area (Å²) in [5, 5.41) is 0. The molecule has 1 aliphatic heterocycles. The Morgan fingerprint density at radius 2 is 2.00 bits per heavy atom. The van der Waals surface area contributed by atoms with Crippen LogP contribution in [0.3, 0.4) is 0 Å². The average molecular weight is 251 g/mol. The van der Waals surface area contributed by atoms with Gasteiger partial charge in [-0.05, 0) is 43.9 Å². The number of likely N-dealkylation sites (tertiary alicyclic amines) is 1. The van der Waals surface area contributed by atoms with Gasteiger partial charge in [-0.3, -0.25) is 4.79 Å². The number of carbonyl (C=O) groups excluding carboxylic acids is 1. The molecule has 0 aromatic heterocycles. The quantitative estimate of drug-likeness (QED) is 0.743. The third-order valence-electron chi connectivity index (χ3n) is 5.23. The van der Waals surface area contributed by atoms with Crippen LogP contribution in [0.2, 0.25) is 0 Å². The molecule has 1 saturated heterocycles. The first-order valence-electron chi connectivity index (χ1n) is 7.92. The highest BCUT2D eigenvalue weighted by Gasteiger charge is 2.46. The zero-order valence-electron chi connectivity index (χ0n) is 12.5. The van der Waals surface area contributed by atoms with E-state index in [1.54, 1.807) is 0 Å². The molecule has 1 saturated carbocycles. The molecule has 104 valence electrons. The van der Waals surface area contributed by atoms with Crippen LogP contribution in [0.25, 0.3) is 0 Å². The van der Waals surface area contributed by atoms with Gasteiger partial charge >= 0.3 is 0 Å². The third-order valence-corrected chi connectivity index (χ3v) is 5.23. The molecule has 0 radical (unpaired) electrons. The summed E-state index contributed by atoms with van der Waals surface area (Å²) in [7, 11) is 0. The van der Waals surface area contributed by atoms with Crippen LogP contribution < -0.4 is 0 Å². The van der Waals surface area contributed by atoms with E-state index in [0.29, 0.717) is 23.9 Å². The monoisotopic (exact) mass is 251 g/mol. The fourth-order valence-corrected chi connectivity index (χ4v) is 4.22. The Bertz CT molecular complexity index is 299. The highest BCUT2D eigenvalue weighted by Crippen LogP contribution is 2.43. The number of nitrogens with zero attached hydrogens (tertiary/aromatic N) is 1. The van der Waals surface area contributed by atoms with Crippen LogP contribution in [0.15, 0.2) is 0 Å². The Kier molecular flexibility index (Phi) is 4.34. The lowest BCUT2D eigenvalue weighted by Crippen LogP contribution is -2.45. The Morgan fingerprint density at radius 3 is 2.56 bits per heavy atom. The van der Waals surface area contributed by atoms with Crippen molar-refractivity contribution in [2.24, 2.45) is 17.8 Å². The van der Waals surface area contributed by atoms with E-state index in [4.69, 9.17) is 0 Å². The minimum absolute atomic E-state index is 0.235. The first-order valence-corrected chi connectivity index (χ1v) is 7.92. The molecule has 4 atom stereocenters. The second-order valence-corrected chi connectivity index (χ2v) is 6.56. The van der Waals surface area contributed by atoms with E-state index >= 15 is 0 Å². The number of hydrogen-bond donors (Lipinski definition) is 0. The van der Waals surface area contributed by atoms with Crippen molar-refractivity contribution in [1.29, 1.82) is 0 Å². The highest BCUT2D eigenvalue weighted by atomic mass is 16.2. The molecule has 2 nitrogen and oxygen atoms in total. The van der Waals surface area contributed by atoms with Gasteiger partial charge in [-0.2, -0.15) is 0 Å². The summed E-state index contributed by atoms with van der Waals surface area (Å²) >= 11 is 0. The summed E-state index contributed by atoms with van der Waals surface area (Å²) in [6.45, 7) is 8.78. The van der Waals surface area contributed by atoms with Crippen LogP contribution in [0.4, 0.5) is 0 Å². The van der Waals surface area contributed by atoms with Gasteiger partial charge in [0.15, 0.2) is 0 Å². The van der Waals surface area contributed by atoms with Gasteiger partial charge in [0.05, 0.1) is 0 Å². The van der Waals surface area contributed by atoms with Crippen molar-refractivity contribution in [2.45, 2.75) is 78.3 Å². The molecule has 0 aromatic carbocycles. The molecule has 18 heavy (non-hydrogen) atoms. The lowest BCUT2D eigenvalue weighted by Gasteiger charge is -2.34. The Labute approximate surface area is 112 Å². The molecule has 2 fully saturated rings. The fourth-order valence-electron chi connectivity index (χ4n) is 4.22. The maximum Gasteiger partial charge on any atom is 0.226 e. The normalized spacial score (nSPS) is 32.9. The second-order valence-electron chi connectivity index (χ2n) is 6.56. The Hall–Kier alpha value is -0.530. The molecule has 1 heterocycles. The molecule has 2 heteroatoms. The van der Waals surface area contributed by atoms with E-state index < -0.39 is 0 Å². The number of rotatable bonds is 4. The SMILES string of the molecule is CCC(C(=O)N1C2CCCC2C[C@H]1CC)C(C)C. The highest BCUT2D eigenvalue weighted by molar-refractivity contribution is 5.80. The third kappa shape index (κ3) is 2.31. The van der Waals surface area contributed by atoms with Crippen molar-refractivity contribution in [1.82, 2.24) is 4.90 Å². The molecule has 2 aliphatic rings. The van der Waals surface area contributed by atoms with Crippen molar-refractivity contribution in [3.63, 3.8) is 0 Å². The molecule has 0 N–H and O–H groups in total. The van der Waals surface area contributed by atoms with Crippen LogP contribution in [-0.2, 0) is 4.79 Å². The maximum absolute atomic E-state index is 12.9. The minimum atomic E-state index is 0.235. The lowest BCUT2D eigenvalue weighted by molar-refractivity contribution is -0.140. The van der Waals surface area contributed by atoms with Crippen molar-refractivity contribution in [3.8, 4) is 0 Å². The van der Waals surface area contributed by atoms with Gasteiger partial charge in [-0.15, -0.1) is 0 Å². The largest absolute Gasteiger partial charge is 0.336 e. The van der Waals surface area contributed by atoms with E-state index in [1.165, 1.54) is 25.7 Å². The summed E-state index contributed by atoms with van der Waals surface area (Å²) in [4.78, 5) is 15.2. The topological polar surface area (TPSA) is 20.3 Å². The van der Waals surface area contributed by atoms with Crippen LogP contribution in [0, 0.1) is 17.8 Å². The predicted octanol–water partition coefficient (Wildman–Crippen LogP) is 3.85. The zero-order valence-corrected chi connectivity index (χ0v) is 12.5. The van der Waals surface area contributed by atoms with Gasteiger partial charge < -0.3 is 4.90 Å². The zero-order chi connectivity index (χ0) is 13.3. The van der Waals surface area contributed by atoms with Gasteiger partial charge in [0, 0.05) is 18.0 Å². The van der Waals surface area contributed by atoms with E-state index in [1.807, 2.05) is 0 Å². The van der Waals surface area contributed by atoms with Crippen LogP contribution in [-0.4, -0.2) is 22.9 Å². The molecular formula is C16H29NO. The molecule has 1 aliphatic carbocycles. The van der Waals surface area contributed by atoms with E-state index in [9.17, 15) is 4.79 Å². The lowest BCUT2D eigenvalue weighted by atomic mass is 9.91. The van der Waals surface area contributed by atoms with Gasteiger partial charge in [0.25, 0.3) is 0 Å². The second kappa shape index (κ2) is 5.63. The molecule has 0 aromatic rings. The van der Waals surface area contributed by atoms with Gasteiger partial charge in [-0.25, -0.2) is 0 Å². The molecule has 0 spiro atoms. The first-order chi connectivity index (χ1) is 8.60. The van der Waals surface area contributed by atoms with E-state index in [-0.39, 0.29) is 5.92 Å². The summed E-state index contributed by atoms with van der Waals surface area (Å²) < 4.78 is 0. The van der Waals surface area contributed by atoms with Gasteiger partial charge in [0.2, 0.25) is 5.91 Å². The van der Waals surface area contributed by atoms with Gasteiger partial charge in [-0.1, -0.05) is 34.1 Å². The molecule has 0 bridgehead atoms. The standard InChI is InChI=1S/C16H29NO/c1-5-13-10-12-8-7-9-15(12)17(13)16(18)14(6-2)11(3)4/h11-15H,5-10H2,1-4H3/t12?,13-,14?,15?/m1/s1. The van der Waals surface area contributed by atoms with Crippen LogP contribution in [0.1, 0.15) is 66.2 Å². The smallest absolute Gasteiger partial charge is 0.226 e. The van der Waals surface area contributed by atoms with Crippen LogP contribution in [0.5, 0.6) is 0 Å². The Morgan fingerprint density at radius 1 is 1.28 bits per heavy atom. The maximum atomic E-state index is 12.9. The number of fused-ring (bicyclic) bond motifs is 1. The summed E-state index contributed by atoms with van der Waals surface area (Å²) in [6.07, 6.45) is 7.31. The predicted molar refractivity (Wildman–Crippen MR) is 75.3 cm³/mol. The van der Waals surface area contributed by atoms with E-state index in [2.05, 4.69) is 32.6 Å². The summed E-state index contributed by atoms with van der Waals surface area (Å²) in [5.74, 6) is 1.97. The summed E-state index contributed by atoms with van der Waals surface area (Å²) in [5.41, 5.74) is 0. The van der Waals surface area contributed by atoms with Crippen molar-refractivity contribution >= 4 is 5.91 Å².